The zero-order valence-electron chi connectivity index (χ0n) is 14.1. The first-order valence-electron chi connectivity index (χ1n) is 7.78. The number of Topliss-reactive ketones (excluding diaryl/α,β-unsaturated/α-hetero) is 1. The molecule has 0 unspecified atom stereocenters. The van der Waals surface area contributed by atoms with Crippen molar-refractivity contribution >= 4 is 29.1 Å². The van der Waals surface area contributed by atoms with E-state index in [2.05, 4.69) is 15.5 Å². The van der Waals surface area contributed by atoms with Crippen LogP contribution >= 0.6 is 23.4 Å². The molecule has 0 N–H and O–H groups in total. The molecular weight excluding hydrogens is 356 g/mol. The van der Waals surface area contributed by atoms with E-state index in [-0.39, 0.29) is 11.0 Å². The van der Waals surface area contributed by atoms with Crippen LogP contribution in [0.1, 0.15) is 28.4 Å². The Morgan fingerprint density at radius 1 is 1.12 bits per heavy atom. The smallest absolute Gasteiger partial charge is 0.214 e. The summed E-state index contributed by atoms with van der Waals surface area (Å²) in [6.07, 6.45) is 0. The van der Waals surface area contributed by atoms with E-state index in [1.165, 1.54) is 17.3 Å². The number of aryl methyl sites for hydroxylation is 2. The fourth-order valence-electron chi connectivity index (χ4n) is 2.34. The Hall–Kier alpha value is -2.18. The van der Waals surface area contributed by atoms with E-state index in [1.807, 2.05) is 51.1 Å². The molecule has 3 aromatic rings. The van der Waals surface area contributed by atoms with Crippen molar-refractivity contribution in [3.05, 3.63) is 64.2 Å². The molecule has 0 radical (unpaired) electrons. The molecule has 2 aromatic carbocycles. The molecule has 0 fully saturated rings. The Kier molecular flexibility index (Phi) is 5.20. The van der Waals surface area contributed by atoms with E-state index in [1.54, 1.807) is 16.8 Å². The zero-order chi connectivity index (χ0) is 18.0. The number of hydrogen-bond donors (Lipinski definition) is 0. The molecule has 1 heterocycles. The topological polar surface area (TPSA) is 60.7 Å². The van der Waals surface area contributed by atoms with Crippen LogP contribution in [0, 0.1) is 13.8 Å². The molecule has 0 saturated carbocycles. The highest BCUT2D eigenvalue weighted by molar-refractivity contribution is 8.00. The summed E-state index contributed by atoms with van der Waals surface area (Å²) in [5.74, 6) is 0.0544. The van der Waals surface area contributed by atoms with Crippen molar-refractivity contribution in [3.63, 3.8) is 0 Å². The predicted octanol–water partition coefficient (Wildman–Crippen LogP) is 4.30. The molecular formula is C18H17ClN4OS. The predicted molar refractivity (Wildman–Crippen MR) is 99.7 cm³/mol. The van der Waals surface area contributed by atoms with Gasteiger partial charge in [-0.3, -0.25) is 4.79 Å². The minimum Gasteiger partial charge on any atom is -0.293 e. The first-order chi connectivity index (χ1) is 12.0. The van der Waals surface area contributed by atoms with E-state index in [0.29, 0.717) is 15.7 Å². The average Bonchev–Trinajstić information content (AvgIpc) is 3.05. The van der Waals surface area contributed by atoms with E-state index in [4.69, 9.17) is 11.6 Å². The number of aromatic nitrogens is 4. The number of hydrogen-bond acceptors (Lipinski definition) is 5. The van der Waals surface area contributed by atoms with Crippen molar-refractivity contribution < 1.29 is 4.79 Å². The van der Waals surface area contributed by atoms with Gasteiger partial charge in [-0.2, -0.15) is 4.68 Å². The summed E-state index contributed by atoms with van der Waals surface area (Å²) in [6.45, 7) is 5.90. The lowest BCUT2D eigenvalue weighted by Gasteiger charge is -2.11. The van der Waals surface area contributed by atoms with Gasteiger partial charge in [0.05, 0.1) is 10.9 Å². The zero-order valence-corrected chi connectivity index (χ0v) is 15.7. The van der Waals surface area contributed by atoms with Gasteiger partial charge < -0.3 is 0 Å². The molecule has 5 nitrogen and oxygen atoms in total. The quantitative estimate of drug-likeness (QED) is 0.493. The van der Waals surface area contributed by atoms with E-state index in [0.717, 1.165) is 11.3 Å². The normalized spacial score (nSPS) is 12.2. The molecule has 0 saturated heterocycles. The Morgan fingerprint density at radius 2 is 1.84 bits per heavy atom. The van der Waals surface area contributed by atoms with E-state index < -0.39 is 0 Å². The highest BCUT2D eigenvalue weighted by Gasteiger charge is 2.20. The number of carbonyl (C=O) groups is 1. The molecule has 0 aliphatic heterocycles. The largest absolute Gasteiger partial charge is 0.293 e. The van der Waals surface area contributed by atoms with Crippen LogP contribution in [0.15, 0.2) is 47.6 Å². The molecule has 0 aliphatic carbocycles. The van der Waals surface area contributed by atoms with Crippen LogP contribution in [0.2, 0.25) is 5.02 Å². The lowest BCUT2D eigenvalue weighted by Crippen LogP contribution is -2.15. The van der Waals surface area contributed by atoms with Crippen LogP contribution in [0.4, 0.5) is 0 Å². The minimum absolute atomic E-state index is 0.0544. The Morgan fingerprint density at radius 3 is 2.52 bits per heavy atom. The second-order valence-corrected chi connectivity index (χ2v) is 7.52. The average molecular weight is 373 g/mol. The number of ketones is 1. The van der Waals surface area contributed by atoms with E-state index in [9.17, 15) is 4.79 Å². The number of carbonyl (C=O) groups excluding carboxylic acids is 1. The standard InChI is InChI=1S/C18H17ClN4OS/c1-11-4-5-14(10-12(11)2)17(24)13(3)25-18-20-21-22-23(18)16-8-6-15(19)7-9-16/h4-10,13H,1-3H3/t13-/m0/s1. The summed E-state index contributed by atoms with van der Waals surface area (Å²) in [7, 11) is 0. The van der Waals surface area contributed by atoms with Crippen molar-refractivity contribution in [2.45, 2.75) is 31.2 Å². The van der Waals surface area contributed by atoms with Crippen LogP contribution in [-0.2, 0) is 0 Å². The number of benzene rings is 2. The summed E-state index contributed by atoms with van der Waals surface area (Å²) >= 11 is 7.25. The van der Waals surface area contributed by atoms with Gasteiger partial charge in [0.2, 0.25) is 5.16 Å². The number of halogens is 1. The summed E-state index contributed by atoms with van der Waals surface area (Å²) in [4.78, 5) is 12.7. The van der Waals surface area contributed by atoms with Gasteiger partial charge in [0.25, 0.3) is 0 Å². The summed E-state index contributed by atoms with van der Waals surface area (Å²) in [6, 6.07) is 13.0. The van der Waals surface area contributed by atoms with Crippen LogP contribution in [-0.4, -0.2) is 31.2 Å². The second kappa shape index (κ2) is 7.37. The van der Waals surface area contributed by atoms with Gasteiger partial charge in [0.15, 0.2) is 5.78 Å². The van der Waals surface area contributed by atoms with Crippen molar-refractivity contribution in [2.75, 3.05) is 0 Å². The highest BCUT2D eigenvalue weighted by atomic mass is 35.5. The minimum atomic E-state index is -0.306. The summed E-state index contributed by atoms with van der Waals surface area (Å²) in [5, 5.41) is 12.7. The summed E-state index contributed by atoms with van der Waals surface area (Å²) < 4.78 is 1.60. The number of tetrazole rings is 1. The molecule has 7 heteroatoms. The maximum atomic E-state index is 12.7. The third-order valence-corrected chi connectivity index (χ3v) is 5.24. The monoisotopic (exact) mass is 372 g/mol. The van der Waals surface area contributed by atoms with Crippen molar-refractivity contribution in [3.8, 4) is 5.69 Å². The fourth-order valence-corrected chi connectivity index (χ4v) is 3.35. The van der Waals surface area contributed by atoms with Gasteiger partial charge in [-0.25, -0.2) is 0 Å². The maximum absolute atomic E-state index is 12.7. The third kappa shape index (κ3) is 3.91. The van der Waals surface area contributed by atoms with Crippen LogP contribution in [0.5, 0.6) is 0 Å². The molecule has 0 spiro atoms. The maximum Gasteiger partial charge on any atom is 0.214 e. The van der Waals surface area contributed by atoms with Gasteiger partial charge in [0, 0.05) is 10.6 Å². The molecule has 3 rings (SSSR count). The first kappa shape index (κ1) is 17.6. The molecule has 0 bridgehead atoms. The SMILES string of the molecule is Cc1ccc(C(=O)[C@H](C)Sc2nnnn2-c2ccc(Cl)cc2)cc1C. The lowest BCUT2D eigenvalue weighted by molar-refractivity contribution is 0.0993. The first-order valence-corrected chi connectivity index (χ1v) is 9.04. The van der Waals surface area contributed by atoms with E-state index >= 15 is 0 Å². The number of thioether (sulfide) groups is 1. The van der Waals surface area contributed by atoms with Crippen LogP contribution in [0.25, 0.3) is 5.69 Å². The van der Waals surface area contributed by atoms with Crippen LogP contribution in [0.3, 0.4) is 0 Å². The fraction of sp³-hybridized carbons (Fsp3) is 0.222. The Balaban J connectivity index is 1.80. The summed E-state index contributed by atoms with van der Waals surface area (Å²) in [5.41, 5.74) is 3.77. The molecule has 1 atom stereocenters. The Labute approximate surface area is 155 Å². The highest BCUT2D eigenvalue weighted by Crippen LogP contribution is 2.26. The molecule has 0 aliphatic rings. The van der Waals surface area contributed by atoms with Gasteiger partial charge >= 0.3 is 0 Å². The van der Waals surface area contributed by atoms with Gasteiger partial charge in [-0.15, -0.1) is 5.10 Å². The number of rotatable bonds is 5. The number of nitrogens with zero attached hydrogens (tertiary/aromatic N) is 4. The lowest BCUT2D eigenvalue weighted by atomic mass is 10.0. The van der Waals surface area contributed by atoms with Crippen molar-refractivity contribution in [1.29, 1.82) is 0 Å². The van der Waals surface area contributed by atoms with Gasteiger partial charge in [0.1, 0.15) is 0 Å². The van der Waals surface area contributed by atoms with Crippen LogP contribution < -0.4 is 0 Å². The Bertz CT molecular complexity index is 908. The molecule has 1 aromatic heterocycles. The van der Waals surface area contributed by atoms with Gasteiger partial charge in [-0.05, 0) is 72.7 Å². The van der Waals surface area contributed by atoms with Gasteiger partial charge in [-0.1, -0.05) is 35.5 Å². The third-order valence-electron chi connectivity index (χ3n) is 3.95. The second-order valence-electron chi connectivity index (χ2n) is 5.77. The molecule has 0 amide bonds. The van der Waals surface area contributed by atoms with Crippen molar-refractivity contribution in [2.24, 2.45) is 0 Å². The molecule has 25 heavy (non-hydrogen) atoms. The van der Waals surface area contributed by atoms with Crippen molar-refractivity contribution in [1.82, 2.24) is 20.2 Å². The molecule has 128 valence electrons.